The molecular formula is C11H13ClN4O. The van der Waals surface area contributed by atoms with Crippen LogP contribution in [0.3, 0.4) is 0 Å². The molecule has 0 unspecified atom stereocenters. The predicted molar refractivity (Wildman–Crippen MR) is 65.7 cm³/mol. The molecule has 0 saturated heterocycles. The zero-order valence-corrected chi connectivity index (χ0v) is 10.4. The second-order valence-electron chi connectivity index (χ2n) is 3.46. The lowest BCUT2D eigenvalue weighted by Gasteiger charge is -2.11. The molecule has 2 aromatic rings. The maximum absolute atomic E-state index is 5.99. The number of halogens is 1. The summed E-state index contributed by atoms with van der Waals surface area (Å²) >= 11 is 5.99. The maximum Gasteiger partial charge on any atom is 0.151 e. The summed E-state index contributed by atoms with van der Waals surface area (Å²) in [6, 6.07) is 5.43. The fraction of sp³-hybridized carbons (Fsp3) is 0.273. The van der Waals surface area contributed by atoms with Crippen LogP contribution in [0.5, 0.6) is 5.75 Å². The van der Waals surface area contributed by atoms with Gasteiger partial charge in [-0.1, -0.05) is 11.6 Å². The van der Waals surface area contributed by atoms with Crippen molar-refractivity contribution in [1.29, 1.82) is 0 Å². The fourth-order valence-corrected chi connectivity index (χ4v) is 1.76. The Kier molecular flexibility index (Phi) is 3.61. The highest BCUT2D eigenvalue weighted by Crippen LogP contribution is 2.26. The van der Waals surface area contributed by atoms with Crippen LogP contribution < -0.4 is 10.1 Å². The molecule has 90 valence electrons. The van der Waals surface area contributed by atoms with Crippen molar-refractivity contribution in [2.24, 2.45) is 0 Å². The van der Waals surface area contributed by atoms with Gasteiger partial charge in [0.2, 0.25) is 0 Å². The zero-order chi connectivity index (χ0) is 12.3. The lowest BCUT2D eigenvalue weighted by Crippen LogP contribution is -2.11. The average Bonchev–Trinajstić information content (AvgIpc) is 2.77. The first-order valence-corrected chi connectivity index (χ1v) is 5.51. The summed E-state index contributed by atoms with van der Waals surface area (Å²) in [4.78, 5) is 0. The van der Waals surface area contributed by atoms with Crippen LogP contribution in [0.1, 0.15) is 5.82 Å². The van der Waals surface area contributed by atoms with Crippen LogP contribution in [0.2, 0.25) is 5.02 Å². The molecule has 0 fully saturated rings. The number of rotatable bonds is 4. The Hall–Kier alpha value is -1.59. The summed E-state index contributed by atoms with van der Waals surface area (Å²) in [5.74, 6) is 1.53. The quantitative estimate of drug-likeness (QED) is 0.899. The molecule has 0 aliphatic rings. The van der Waals surface area contributed by atoms with Crippen molar-refractivity contribution in [1.82, 2.24) is 20.1 Å². The first kappa shape index (κ1) is 11.9. The number of nitrogens with zero attached hydrogens (tertiary/aromatic N) is 3. The minimum atomic E-state index is 0.621. The number of methoxy groups -OCH3 is 1. The molecule has 0 aliphatic heterocycles. The van der Waals surface area contributed by atoms with Crippen LogP contribution in [0, 0.1) is 0 Å². The first-order valence-electron chi connectivity index (χ1n) is 5.13. The third kappa shape index (κ3) is 2.40. The molecule has 6 heteroatoms. The Morgan fingerprint density at radius 2 is 2.29 bits per heavy atom. The van der Waals surface area contributed by atoms with Gasteiger partial charge in [0.15, 0.2) is 5.82 Å². The van der Waals surface area contributed by atoms with Crippen molar-refractivity contribution in [3.8, 4) is 11.4 Å². The van der Waals surface area contributed by atoms with Crippen LogP contribution >= 0.6 is 11.6 Å². The molecule has 1 heterocycles. The van der Waals surface area contributed by atoms with Crippen molar-refractivity contribution in [3.63, 3.8) is 0 Å². The van der Waals surface area contributed by atoms with Gasteiger partial charge in [0.05, 0.1) is 19.3 Å². The molecule has 0 aliphatic carbocycles. The molecule has 1 aromatic carbocycles. The first-order chi connectivity index (χ1) is 8.26. The van der Waals surface area contributed by atoms with Gasteiger partial charge in [-0.3, -0.25) is 4.57 Å². The van der Waals surface area contributed by atoms with E-state index in [0.717, 1.165) is 17.3 Å². The summed E-state index contributed by atoms with van der Waals surface area (Å²) in [6.45, 7) is 0.621. The van der Waals surface area contributed by atoms with Gasteiger partial charge >= 0.3 is 0 Å². The molecule has 1 aromatic heterocycles. The topological polar surface area (TPSA) is 52.0 Å². The van der Waals surface area contributed by atoms with Crippen LogP contribution in [0.25, 0.3) is 5.69 Å². The number of hydrogen-bond donors (Lipinski definition) is 1. The van der Waals surface area contributed by atoms with E-state index in [-0.39, 0.29) is 0 Å². The van der Waals surface area contributed by atoms with E-state index in [4.69, 9.17) is 16.3 Å². The average molecular weight is 253 g/mol. The van der Waals surface area contributed by atoms with Gasteiger partial charge in [-0.05, 0) is 25.2 Å². The SMILES string of the molecule is CNCc1nncn1-c1cc(Cl)ccc1OC. The Morgan fingerprint density at radius 3 is 3.00 bits per heavy atom. The molecule has 2 rings (SSSR count). The van der Waals surface area contributed by atoms with Gasteiger partial charge in [0, 0.05) is 5.02 Å². The Bertz CT molecular complexity index is 512. The molecule has 17 heavy (non-hydrogen) atoms. The third-order valence-electron chi connectivity index (χ3n) is 2.35. The number of hydrogen-bond acceptors (Lipinski definition) is 4. The van der Waals surface area contributed by atoms with Crippen molar-refractivity contribution in [2.75, 3.05) is 14.2 Å². The largest absolute Gasteiger partial charge is 0.495 e. The van der Waals surface area contributed by atoms with Crippen LogP contribution in [0.15, 0.2) is 24.5 Å². The van der Waals surface area contributed by atoms with Gasteiger partial charge in [0.25, 0.3) is 0 Å². The van der Waals surface area contributed by atoms with E-state index in [0.29, 0.717) is 11.6 Å². The summed E-state index contributed by atoms with van der Waals surface area (Å²) in [7, 11) is 3.48. The predicted octanol–water partition coefficient (Wildman–Crippen LogP) is 1.65. The second-order valence-corrected chi connectivity index (χ2v) is 3.90. The van der Waals surface area contributed by atoms with Crippen molar-refractivity contribution in [3.05, 3.63) is 35.4 Å². The number of aromatic nitrogens is 3. The highest BCUT2D eigenvalue weighted by atomic mass is 35.5. The maximum atomic E-state index is 5.99. The Morgan fingerprint density at radius 1 is 1.47 bits per heavy atom. The van der Waals surface area contributed by atoms with E-state index in [1.165, 1.54) is 0 Å². The van der Waals surface area contributed by atoms with Crippen LogP contribution in [-0.4, -0.2) is 28.9 Å². The van der Waals surface area contributed by atoms with Crippen LogP contribution in [-0.2, 0) is 6.54 Å². The van der Waals surface area contributed by atoms with Gasteiger partial charge < -0.3 is 10.1 Å². The Labute approximate surface area is 104 Å². The molecular weight excluding hydrogens is 240 g/mol. The lowest BCUT2D eigenvalue weighted by molar-refractivity contribution is 0.412. The number of ether oxygens (including phenoxy) is 1. The van der Waals surface area contributed by atoms with E-state index < -0.39 is 0 Å². The van der Waals surface area contributed by atoms with E-state index in [9.17, 15) is 0 Å². The summed E-state index contributed by atoms with van der Waals surface area (Å²) in [5, 5.41) is 11.6. The molecule has 1 N–H and O–H groups in total. The third-order valence-corrected chi connectivity index (χ3v) is 2.59. The summed E-state index contributed by atoms with van der Waals surface area (Å²) in [6.07, 6.45) is 1.64. The smallest absolute Gasteiger partial charge is 0.151 e. The van der Waals surface area contributed by atoms with Gasteiger partial charge in [-0.25, -0.2) is 0 Å². The van der Waals surface area contributed by atoms with Crippen molar-refractivity contribution >= 4 is 11.6 Å². The highest BCUT2D eigenvalue weighted by molar-refractivity contribution is 6.30. The second kappa shape index (κ2) is 5.16. The monoisotopic (exact) mass is 252 g/mol. The molecule has 5 nitrogen and oxygen atoms in total. The fourth-order valence-electron chi connectivity index (χ4n) is 1.59. The van der Waals surface area contributed by atoms with E-state index in [1.54, 1.807) is 19.5 Å². The van der Waals surface area contributed by atoms with Gasteiger partial charge in [-0.15, -0.1) is 10.2 Å². The highest BCUT2D eigenvalue weighted by Gasteiger charge is 2.10. The molecule has 0 bridgehead atoms. The molecule has 0 atom stereocenters. The molecule has 0 spiro atoms. The summed E-state index contributed by atoms with van der Waals surface area (Å²) in [5.41, 5.74) is 0.829. The molecule has 0 saturated carbocycles. The number of nitrogens with one attached hydrogen (secondary N) is 1. The molecule has 0 amide bonds. The minimum Gasteiger partial charge on any atom is -0.495 e. The summed E-state index contributed by atoms with van der Waals surface area (Å²) < 4.78 is 7.15. The van der Waals surface area contributed by atoms with Gasteiger partial charge in [-0.2, -0.15) is 0 Å². The van der Waals surface area contributed by atoms with E-state index >= 15 is 0 Å². The van der Waals surface area contributed by atoms with Crippen molar-refractivity contribution in [2.45, 2.75) is 6.54 Å². The number of benzene rings is 1. The van der Waals surface area contributed by atoms with E-state index in [1.807, 2.05) is 23.7 Å². The molecule has 0 radical (unpaired) electrons. The van der Waals surface area contributed by atoms with E-state index in [2.05, 4.69) is 15.5 Å². The van der Waals surface area contributed by atoms with Crippen molar-refractivity contribution < 1.29 is 4.74 Å². The van der Waals surface area contributed by atoms with Crippen LogP contribution in [0.4, 0.5) is 0 Å². The minimum absolute atomic E-state index is 0.621. The standard InChI is InChI=1S/C11H13ClN4O/c1-13-6-11-15-14-7-16(11)9-5-8(12)3-4-10(9)17-2/h3-5,7,13H,6H2,1-2H3. The zero-order valence-electron chi connectivity index (χ0n) is 9.64. The lowest BCUT2D eigenvalue weighted by atomic mass is 10.3. The normalized spacial score (nSPS) is 10.5. The Balaban J connectivity index is 2.51. The van der Waals surface area contributed by atoms with Gasteiger partial charge in [0.1, 0.15) is 12.1 Å².